The summed E-state index contributed by atoms with van der Waals surface area (Å²) in [5, 5.41) is 0. The molecule has 0 saturated carbocycles. The lowest BCUT2D eigenvalue weighted by Crippen LogP contribution is -2.28. The summed E-state index contributed by atoms with van der Waals surface area (Å²) in [5.74, 6) is 0.649. The molecule has 1 aromatic rings. The SMILES string of the molecule is Cc1ccc(CN2CC(C)C(N)C2)s1. The summed E-state index contributed by atoms with van der Waals surface area (Å²) in [5.41, 5.74) is 5.99. The Balaban J connectivity index is 1.93. The van der Waals surface area contributed by atoms with E-state index in [0.717, 1.165) is 19.6 Å². The number of thiophene rings is 1. The average Bonchev–Trinajstić information content (AvgIpc) is 2.62. The van der Waals surface area contributed by atoms with Crippen molar-refractivity contribution >= 4 is 11.3 Å². The first kappa shape index (κ1) is 10.1. The summed E-state index contributed by atoms with van der Waals surface area (Å²) in [6.45, 7) is 7.68. The molecule has 1 aliphatic rings. The summed E-state index contributed by atoms with van der Waals surface area (Å²) in [7, 11) is 0. The number of hydrogen-bond donors (Lipinski definition) is 1. The van der Waals surface area contributed by atoms with Crippen LogP contribution < -0.4 is 5.73 Å². The van der Waals surface area contributed by atoms with Gasteiger partial charge in [-0.1, -0.05) is 6.92 Å². The first-order chi connectivity index (χ1) is 6.65. The lowest BCUT2D eigenvalue weighted by atomic mass is 10.1. The molecule has 1 aliphatic heterocycles. The Bertz CT molecular complexity index is 298. The Morgan fingerprint density at radius 3 is 2.79 bits per heavy atom. The highest BCUT2D eigenvalue weighted by Crippen LogP contribution is 2.21. The van der Waals surface area contributed by atoms with Crippen molar-refractivity contribution in [2.45, 2.75) is 26.4 Å². The fourth-order valence-corrected chi connectivity index (χ4v) is 2.95. The van der Waals surface area contributed by atoms with Crippen LogP contribution in [-0.2, 0) is 6.54 Å². The molecule has 2 nitrogen and oxygen atoms in total. The minimum absolute atomic E-state index is 0.371. The van der Waals surface area contributed by atoms with E-state index in [2.05, 4.69) is 30.9 Å². The van der Waals surface area contributed by atoms with Crippen molar-refractivity contribution in [3.05, 3.63) is 21.9 Å². The van der Waals surface area contributed by atoms with E-state index in [-0.39, 0.29) is 0 Å². The van der Waals surface area contributed by atoms with Gasteiger partial charge in [-0.25, -0.2) is 0 Å². The minimum atomic E-state index is 0.371. The molecule has 0 radical (unpaired) electrons. The quantitative estimate of drug-likeness (QED) is 0.807. The van der Waals surface area contributed by atoms with E-state index in [1.165, 1.54) is 9.75 Å². The second-order valence-corrected chi connectivity index (χ2v) is 5.72. The molecule has 2 atom stereocenters. The van der Waals surface area contributed by atoms with Gasteiger partial charge in [0.1, 0.15) is 0 Å². The molecule has 2 heterocycles. The van der Waals surface area contributed by atoms with Crippen LogP contribution in [0.4, 0.5) is 0 Å². The predicted octanol–water partition coefficient (Wildman–Crippen LogP) is 1.84. The molecule has 0 amide bonds. The zero-order valence-electron chi connectivity index (χ0n) is 8.86. The minimum Gasteiger partial charge on any atom is -0.326 e. The van der Waals surface area contributed by atoms with Crippen molar-refractivity contribution in [1.29, 1.82) is 0 Å². The maximum atomic E-state index is 5.99. The Labute approximate surface area is 89.7 Å². The monoisotopic (exact) mass is 210 g/mol. The number of nitrogens with two attached hydrogens (primary N) is 1. The van der Waals surface area contributed by atoms with Gasteiger partial charge in [-0.3, -0.25) is 4.90 Å². The van der Waals surface area contributed by atoms with Crippen LogP contribution in [0.2, 0.25) is 0 Å². The van der Waals surface area contributed by atoms with Gasteiger partial charge >= 0.3 is 0 Å². The summed E-state index contributed by atoms with van der Waals surface area (Å²) in [6, 6.07) is 4.80. The van der Waals surface area contributed by atoms with Gasteiger partial charge in [0.25, 0.3) is 0 Å². The van der Waals surface area contributed by atoms with Gasteiger partial charge in [0.2, 0.25) is 0 Å². The normalized spacial score (nSPS) is 28.5. The lowest BCUT2D eigenvalue weighted by molar-refractivity contribution is 0.322. The first-order valence-corrected chi connectivity index (χ1v) is 6.00. The predicted molar refractivity (Wildman–Crippen MR) is 61.5 cm³/mol. The molecule has 3 heteroatoms. The van der Waals surface area contributed by atoms with Crippen LogP contribution in [0.1, 0.15) is 16.7 Å². The molecule has 78 valence electrons. The second kappa shape index (κ2) is 4.01. The maximum Gasteiger partial charge on any atom is 0.0328 e. The topological polar surface area (TPSA) is 29.3 Å². The highest BCUT2D eigenvalue weighted by molar-refractivity contribution is 7.11. The van der Waals surface area contributed by atoms with Crippen molar-refractivity contribution in [2.24, 2.45) is 11.7 Å². The lowest BCUT2D eigenvalue weighted by Gasteiger charge is -2.13. The Kier molecular flexibility index (Phi) is 2.91. The van der Waals surface area contributed by atoms with E-state index >= 15 is 0 Å². The van der Waals surface area contributed by atoms with Crippen LogP contribution in [-0.4, -0.2) is 24.0 Å². The van der Waals surface area contributed by atoms with Gasteiger partial charge in [0, 0.05) is 35.4 Å². The van der Waals surface area contributed by atoms with Crippen LogP contribution >= 0.6 is 11.3 Å². The van der Waals surface area contributed by atoms with E-state index in [9.17, 15) is 0 Å². The Morgan fingerprint density at radius 2 is 2.29 bits per heavy atom. The molecule has 2 rings (SSSR count). The molecule has 2 N–H and O–H groups in total. The highest BCUT2D eigenvalue weighted by Gasteiger charge is 2.26. The molecule has 0 bridgehead atoms. The van der Waals surface area contributed by atoms with Crippen LogP contribution in [0.15, 0.2) is 12.1 Å². The number of rotatable bonds is 2. The number of likely N-dealkylation sites (tertiary alicyclic amines) is 1. The van der Waals surface area contributed by atoms with Gasteiger partial charge in [-0.2, -0.15) is 0 Å². The van der Waals surface area contributed by atoms with Crippen LogP contribution in [0.3, 0.4) is 0 Å². The van der Waals surface area contributed by atoms with E-state index in [1.54, 1.807) is 0 Å². The third-order valence-corrected chi connectivity index (χ3v) is 3.91. The van der Waals surface area contributed by atoms with E-state index in [4.69, 9.17) is 5.73 Å². The van der Waals surface area contributed by atoms with Gasteiger partial charge in [0.05, 0.1) is 0 Å². The molecular formula is C11H18N2S. The van der Waals surface area contributed by atoms with Gasteiger partial charge in [0.15, 0.2) is 0 Å². The molecule has 2 unspecified atom stereocenters. The van der Waals surface area contributed by atoms with Gasteiger partial charge < -0.3 is 5.73 Å². The largest absolute Gasteiger partial charge is 0.326 e. The zero-order valence-corrected chi connectivity index (χ0v) is 9.68. The number of aryl methyl sites for hydroxylation is 1. The van der Waals surface area contributed by atoms with Crippen molar-refractivity contribution < 1.29 is 0 Å². The molecule has 1 fully saturated rings. The molecular weight excluding hydrogens is 192 g/mol. The summed E-state index contributed by atoms with van der Waals surface area (Å²) in [6.07, 6.45) is 0. The molecule has 0 spiro atoms. The van der Waals surface area contributed by atoms with Gasteiger partial charge in [-0.15, -0.1) is 11.3 Å². The Morgan fingerprint density at radius 1 is 1.50 bits per heavy atom. The van der Waals surface area contributed by atoms with Crippen molar-refractivity contribution in [1.82, 2.24) is 4.90 Å². The van der Waals surface area contributed by atoms with Crippen LogP contribution in [0, 0.1) is 12.8 Å². The molecule has 1 saturated heterocycles. The van der Waals surface area contributed by atoms with Gasteiger partial charge in [-0.05, 0) is 25.0 Å². The summed E-state index contributed by atoms with van der Waals surface area (Å²) >= 11 is 1.89. The fraction of sp³-hybridized carbons (Fsp3) is 0.636. The molecule has 14 heavy (non-hydrogen) atoms. The van der Waals surface area contributed by atoms with E-state index < -0.39 is 0 Å². The third kappa shape index (κ3) is 2.16. The average molecular weight is 210 g/mol. The standard InChI is InChI=1S/C11H18N2S/c1-8-5-13(7-11(8)12)6-10-4-3-9(2)14-10/h3-4,8,11H,5-7,12H2,1-2H3. The first-order valence-electron chi connectivity index (χ1n) is 5.18. The Hall–Kier alpha value is -0.380. The summed E-state index contributed by atoms with van der Waals surface area (Å²) < 4.78 is 0. The molecule has 0 aliphatic carbocycles. The second-order valence-electron chi connectivity index (χ2n) is 4.35. The molecule has 0 aromatic carbocycles. The van der Waals surface area contributed by atoms with E-state index in [1.807, 2.05) is 11.3 Å². The zero-order chi connectivity index (χ0) is 10.1. The number of hydrogen-bond acceptors (Lipinski definition) is 3. The van der Waals surface area contributed by atoms with E-state index in [0.29, 0.717) is 12.0 Å². The van der Waals surface area contributed by atoms with Crippen molar-refractivity contribution in [3.63, 3.8) is 0 Å². The molecule has 1 aromatic heterocycles. The number of nitrogens with zero attached hydrogens (tertiary/aromatic N) is 1. The highest BCUT2D eigenvalue weighted by atomic mass is 32.1. The fourth-order valence-electron chi connectivity index (χ4n) is 2.01. The maximum absolute atomic E-state index is 5.99. The van der Waals surface area contributed by atoms with Crippen molar-refractivity contribution in [3.8, 4) is 0 Å². The third-order valence-electron chi connectivity index (χ3n) is 2.92. The summed E-state index contributed by atoms with van der Waals surface area (Å²) in [4.78, 5) is 5.32. The van der Waals surface area contributed by atoms with Crippen molar-refractivity contribution in [2.75, 3.05) is 13.1 Å². The smallest absolute Gasteiger partial charge is 0.0328 e. The van der Waals surface area contributed by atoms with Crippen LogP contribution in [0.5, 0.6) is 0 Å². The van der Waals surface area contributed by atoms with Crippen LogP contribution in [0.25, 0.3) is 0 Å².